The van der Waals surface area contributed by atoms with E-state index in [0.717, 1.165) is 6.26 Å². The SMILES string of the molecule is C=C(C)C(=O)O/C=C(\C)C(N)=O. The highest BCUT2D eigenvalue weighted by Crippen LogP contribution is 1.96. The molecule has 0 aliphatic carbocycles. The van der Waals surface area contributed by atoms with E-state index < -0.39 is 11.9 Å². The van der Waals surface area contributed by atoms with Gasteiger partial charge in [-0.25, -0.2) is 4.79 Å². The van der Waals surface area contributed by atoms with Gasteiger partial charge in [-0.3, -0.25) is 4.79 Å². The van der Waals surface area contributed by atoms with Crippen molar-refractivity contribution in [1.82, 2.24) is 0 Å². The van der Waals surface area contributed by atoms with E-state index in [1.807, 2.05) is 0 Å². The molecule has 0 atom stereocenters. The van der Waals surface area contributed by atoms with Crippen LogP contribution in [0.2, 0.25) is 0 Å². The summed E-state index contributed by atoms with van der Waals surface area (Å²) in [6.45, 7) is 6.32. The van der Waals surface area contributed by atoms with Crippen LogP contribution in [0.1, 0.15) is 13.8 Å². The quantitative estimate of drug-likeness (QED) is 0.380. The number of carbonyl (C=O) groups excluding carboxylic acids is 2. The highest BCUT2D eigenvalue weighted by atomic mass is 16.5. The van der Waals surface area contributed by atoms with Crippen LogP contribution >= 0.6 is 0 Å². The predicted octanol–water partition coefficient (Wildman–Crippen LogP) is 0.495. The van der Waals surface area contributed by atoms with Gasteiger partial charge in [0.25, 0.3) is 0 Å². The normalized spacial score (nSPS) is 10.7. The summed E-state index contributed by atoms with van der Waals surface area (Å²) in [4.78, 5) is 21.2. The molecule has 1 amide bonds. The Bertz CT molecular complexity index is 253. The molecule has 0 heterocycles. The number of primary amides is 1. The maximum absolute atomic E-state index is 10.8. The summed E-state index contributed by atoms with van der Waals surface area (Å²) < 4.78 is 4.53. The molecule has 66 valence electrons. The molecule has 0 fully saturated rings. The van der Waals surface area contributed by atoms with Crippen LogP contribution in [-0.2, 0) is 14.3 Å². The number of ether oxygens (including phenoxy) is 1. The maximum Gasteiger partial charge on any atom is 0.337 e. The molecule has 0 aromatic carbocycles. The van der Waals surface area contributed by atoms with Crippen LogP contribution in [0, 0.1) is 0 Å². The number of esters is 1. The second-order valence-corrected chi connectivity index (χ2v) is 2.35. The Morgan fingerprint density at radius 3 is 2.25 bits per heavy atom. The molecule has 0 bridgehead atoms. The lowest BCUT2D eigenvalue weighted by Crippen LogP contribution is -2.12. The van der Waals surface area contributed by atoms with E-state index in [0.29, 0.717) is 0 Å². The van der Waals surface area contributed by atoms with Crippen molar-refractivity contribution >= 4 is 11.9 Å². The molecule has 0 rings (SSSR count). The Morgan fingerprint density at radius 1 is 1.42 bits per heavy atom. The van der Waals surface area contributed by atoms with Gasteiger partial charge in [-0.2, -0.15) is 0 Å². The monoisotopic (exact) mass is 169 g/mol. The Kier molecular flexibility index (Phi) is 3.76. The van der Waals surface area contributed by atoms with Gasteiger partial charge in [-0.1, -0.05) is 6.58 Å². The van der Waals surface area contributed by atoms with Crippen molar-refractivity contribution in [2.24, 2.45) is 5.73 Å². The summed E-state index contributed by atoms with van der Waals surface area (Å²) >= 11 is 0. The van der Waals surface area contributed by atoms with Crippen molar-refractivity contribution in [1.29, 1.82) is 0 Å². The van der Waals surface area contributed by atoms with Gasteiger partial charge in [-0.15, -0.1) is 0 Å². The lowest BCUT2D eigenvalue weighted by Gasteiger charge is -1.97. The van der Waals surface area contributed by atoms with Crippen LogP contribution in [0.3, 0.4) is 0 Å². The van der Waals surface area contributed by atoms with E-state index in [4.69, 9.17) is 5.73 Å². The van der Waals surface area contributed by atoms with E-state index in [1.165, 1.54) is 13.8 Å². The molecule has 0 aliphatic rings. The van der Waals surface area contributed by atoms with Crippen molar-refractivity contribution in [3.05, 3.63) is 24.0 Å². The lowest BCUT2D eigenvalue weighted by molar-refractivity contribution is -0.133. The molecule has 4 nitrogen and oxygen atoms in total. The summed E-state index contributed by atoms with van der Waals surface area (Å²) in [5, 5.41) is 0. The van der Waals surface area contributed by atoms with Crippen molar-refractivity contribution in [3.8, 4) is 0 Å². The third-order valence-corrected chi connectivity index (χ3v) is 1.08. The summed E-state index contributed by atoms with van der Waals surface area (Å²) in [5.41, 5.74) is 5.33. The van der Waals surface area contributed by atoms with Crippen molar-refractivity contribution in [3.63, 3.8) is 0 Å². The van der Waals surface area contributed by atoms with Crippen LogP contribution in [0.5, 0.6) is 0 Å². The van der Waals surface area contributed by atoms with Crippen LogP contribution in [0.25, 0.3) is 0 Å². The number of nitrogens with two attached hydrogens (primary N) is 1. The molecule has 4 heteroatoms. The summed E-state index contributed by atoms with van der Waals surface area (Å²) in [6.07, 6.45) is 1.01. The first kappa shape index (κ1) is 10.4. The van der Waals surface area contributed by atoms with E-state index in [2.05, 4.69) is 11.3 Å². The standard InChI is InChI=1S/C8H11NO3/c1-5(2)8(11)12-4-6(3)7(9)10/h4H,1H2,2-3H3,(H2,9,10)/b6-4+. The third kappa shape index (κ3) is 3.55. The minimum atomic E-state index is -0.621. The average Bonchev–Trinajstić information content (AvgIpc) is 1.98. The van der Waals surface area contributed by atoms with Crippen LogP contribution in [-0.4, -0.2) is 11.9 Å². The third-order valence-electron chi connectivity index (χ3n) is 1.08. The fraction of sp³-hybridized carbons (Fsp3) is 0.250. The van der Waals surface area contributed by atoms with Crippen LogP contribution in [0.15, 0.2) is 24.0 Å². The molecule has 0 spiro atoms. The molecule has 0 radical (unpaired) electrons. The van der Waals surface area contributed by atoms with Gasteiger partial charge in [-0.05, 0) is 13.8 Å². The van der Waals surface area contributed by atoms with Gasteiger partial charge >= 0.3 is 5.97 Å². The van der Waals surface area contributed by atoms with Gasteiger partial charge in [0.1, 0.15) is 6.26 Å². The Hall–Kier alpha value is -1.58. The summed E-state index contributed by atoms with van der Waals surface area (Å²) in [6, 6.07) is 0. The molecule has 0 aromatic rings. The second kappa shape index (κ2) is 4.33. The lowest BCUT2D eigenvalue weighted by atomic mass is 10.3. The van der Waals surface area contributed by atoms with Crippen molar-refractivity contribution in [2.75, 3.05) is 0 Å². The van der Waals surface area contributed by atoms with Crippen molar-refractivity contribution < 1.29 is 14.3 Å². The number of hydrogen-bond donors (Lipinski definition) is 1. The molecular weight excluding hydrogens is 158 g/mol. The van der Waals surface area contributed by atoms with Gasteiger partial charge in [0.2, 0.25) is 5.91 Å². The Morgan fingerprint density at radius 2 is 1.92 bits per heavy atom. The zero-order valence-electron chi connectivity index (χ0n) is 7.09. The topological polar surface area (TPSA) is 69.4 Å². The molecule has 2 N–H and O–H groups in total. The largest absolute Gasteiger partial charge is 0.431 e. The molecule has 0 unspecified atom stereocenters. The van der Waals surface area contributed by atoms with E-state index in [1.54, 1.807) is 0 Å². The summed E-state index contributed by atoms with van der Waals surface area (Å²) in [7, 11) is 0. The summed E-state index contributed by atoms with van der Waals surface area (Å²) in [5.74, 6) is -1.19. The average molecular weight is 169 g/mol. The van der Waals surface area contributed by atoms with Crippen LogP contribution < -0.4 is 5.73 Å². The van der Waals surface area contributed by atoms with Gasteiger partial charge in [0.05, 0.1) is 0 Å². The van der Waals surface area contributed by atoms with E-state index in [9.17, 15) is 9.59 Å². The first-order valence-electron chi connectivity index (χ1n) is 3.28. The second-order valence-electron chi connectivity index (χ2n) is 2.35. The first-order chi connectivity index (χ1) is 5.45. The molecule has 12 heavy (non-hydrogen) atoms. The zero-order chi connectivity index (χ0) is 9.72. The number of hydrogen-bond acceptors (Lipinski definition) is 3. The van der Waals surface area contributed by atoms with Crippen LogP contribution in [0.4, 0.5) is 0 Å². The van der Waals surface area contributed by atoms with E-state index in [-0.39, 0.29) is 11.1 Å². The Balaban J connectivity index is 4.14. The first-order valence-corrected chi connectivity index (χ1v) is 3.28. The predicted molar refractivity (Wildman–Crippen MR) is 43.9 cm³/mol. The minimum Gasteiger partial charge on any atom is -0.431 e. The molecule has 0 saturated heterocycles. The maximum atomic E-state index is 10.8. The van der Waals surface area contributed by atoms with Gasteiger partial charge < -0.3 is 10.5 Å². The smallest absolute Gasteiger partial charge is 0.337 e. The van der Waals surface area contributed by atoms with Crippen molar-refractivity contribution in [2.45, 2.75) is 13.8 Å². The fourth-order valence-corrected chi connectivity index (χ4v) is 0.301. The molecular formula is C8H11NO3. The van der Waals surface area contributed by atoms with E-state index >= 15 is 0 Å². The fourth-order valence-electron chi connectivity index (χ4n) is 0.301. The Labute approximate surface area is 70.7 Å². The number of carbonyl (C=O) groups is 2. The highest BCUT2D eigenvalue weighted by molar-refractivity contribution is 5.92. The zero-order valence-corrected chi connectivity index (χ0v) is 7.09. The minimum absolute atomic E-state index is 0.185. The number of amides is 1. The molecule has 0 saturated carbocycles. The molecule has 0 aromatic heterocycles. The van der Waals surface area contributed by atoms with Gasteiger partial charge in [0.15, 0.2) is 0 Å². The van der Waals surface area contributed by atoms with Gasteiger partial charge in [0, 0.05) is 11.1 Å². The number of rotatable bonds is 3. The highest BCUT2D eigenvalue weighted by Gasteiger charge is 2.02. The molecule has 0 aliphatic heterocycles.